The number of nitrogens with zero attached hydrogens (tertiary/aromatic N) is 2. The first kappa shape index (κ1) is 20.4. The summed E-state index contributed by atoms with van der Waals surface area (Å²) in [6, 6.07) is 5.87. The molecule has 4 N–H and O–H groups in total. The zero-order valence-corrected chi connectivity index (χ0v) is 16.4. The second kappa shape index (κ2) is 8.47. The molecular formula is C21H23ClN2O5. The van der Waals surface area contributed by atoms with Crippen molar-refractivity contribution in [2.45, 2.75) is 43.4 Å². The zero-order chi connectivity index (χ0) is 20.5. The molecule has 1 aromatic carbocycles. The third-order valence-corrected chi connectivity index (χ3v) is 6.01. The normalized spacial score (nSPS) is 32.7. The molecule has 4 rings (SSSR count). The monoisotopic (exact) mass is 418 g/mol. The van der Waals surface area contributed by atoms with E-state index in [2.05, 4.69) is 9.97 Å². The number of halogens is 1. The Labute approximate surface area is 172 Å². The van der Waals surface area contributed by atoms with Crippen molar-refractivity contribution in [1.29, 1.82) is 0 Å². The van der Waals surface area contributed by atoms with E-state index in [4.69, 9.17) is 16.3 Å². The molecule has 1 aliphatic heterocycles. The SMILES string of the molecule is OCC1OC(C2C=CC(Cl)=C(Cc3ccc4nccnc4c3)C2)C(O)C(O)C1O. The van der Waals surface area contributed by atoms with E-state index in [1.54, 1.807) is 18.5 Å². The van der Waals surface area contributed by atoms with Crippen LogP contribution in [0.5, 0.6) is 0 Å². The van der Waals surface area contributed by atoms with E-state index in [-0.39, 0.29) is 5.92 Å². The Balaban J connectivity index is 1.52. The molecular weight excluding hydrogens is 396 g/mol. The van der Waals surface area contributed by atoms with Gasteiger partial charge >= 0.3 is 0 Å². The molecule has 0 amide bonds. The van der Waals surface area contributed by atoms with E-state index < -0.39 is 37.1 Å². The summed E-state index contributed by atoms with van der Waals surface area (Å²) < 4.78 is 5.72. The van der Waals surface area contributed by atoms with E-state index in [1.807, 2.05) is 24.3 Å². The number of rotatable bonds is 4. The lowest BCUT2D eigenvalue weighted by Gasteiger charge is -2.43. The summed E-state index contributed by atoms with van der Waals surface area (Å²) in [5, 5.41) is 40.5. The number of benzene rings is 1. The smallest absolute Gasteiger partial charge is 0.111 e. The van der Waals surface area contributed by atoms with Crippen molar-refractivity contribution in [2.75, 3.05) is 6.61 Å². The summed E-state index contributed by atoms with van der Waals surface area (Å²) in [4.78, 5) is 8.61. The lowest BCUT2D eigenvalue weighted by molar-refractivity contribution is -0.237. The van der Waals surface area contributed by atoms with Crippen LogP contribution in [0.3, 0.4) is 0 Å². The molecule has 7 nitrogen and oxygen atoms in total. The Morgan fingerprint density at radius 3 is 2.55 bits per heavy atom. The number of aromatic nitrogens is 2. The lowest BCUT2D eigenvalue weighted by atomic mass is 9.81. The second-order valence-corrected chi connectivity index (χ2v) is 7.94. The number of aliphatic hydroxyl groups is 4. The number of fused-ring (bicyclic) bond motifs is 1. The van der Waals surface area contributed by atoms with Crippen molar-refractivity contribution in [3.8, 4) is 0 Å². The van der Waals surface area contributed by atoms with Crippen LogP contribution in [0.1, 0.15) is 12.0 Å². The van der Waals surface area contributed by atoms with E-state index in [0.717, 1.165) is 22.2 Å². The molecule has 6 unspecified atom stereocenters. The summed E-state index contributed by atoms with van der Waals surface area (Å²) in [6.45, 7) is -0.445. The minimum Gasteiger partial charge on any atom is -0.394 e. The van der Waals surface area contributed by atoms with Gasteiger partial charge in [0.15, 0.2) is 0 Å². The van der Waals surface area contributed by atoms with Crippen molar-refractivity contribution in [3.05, 3.63) is 58.9 Å². The maximum atomic E-state index is 10.4. The van der Waals surface area contributed by atoms with Crippen LogP contribution in [0.4, 0.5) is 0 Å². The molecule has 2 aromatic rings. The Kier molecular flexibility index (Phi) is 5.96. The van der Waals surface area contributed by atoms with Gasteiger partial charge < -0.3 is 25.2 Å². The van der Waals surface area contributed by atoms with Gasteiger partial charge in [-0.05, 0) is 42.2 Å². The average molecular weight is 419 g/mol. The summed E-state index contributed by atoms with van der Waals surface area (Å²) in [5.41, 5.74) is 3.63. The highest BCUT2D eigenvalue weighted by Crippen LogP contribution is 2.36. The van der Waals surface area contributed by atoms with Gasteiger partial charge in [-0.25, -0.2) is 0 Å². The molecule has 2 heterocycles. The average Bonchev–Trinajstić information content (AvgIpc) is 2.74. The van der Waals surface area contributed by atoms with Gasteiger partial charge in [0.05, 0.1) is 23.7 Å². The molecule has 1 saturated heterocycles. The molecule has 29 heavy (non-hydrogen) atoms. The minimum absolute atomic E-state index is 0.251. The maximum absolute atomic E-state index is 10.4. The number of hydrogen-bond acceptors (Lipinski definition) is 7. The van der Waals surface area contributed by atoms with Gasteiger partial charge in [-0.2, -0.15) is 0 Å². The topological polar surface area (TPSA) is 116 Å². The highest BCUT2D eigenvalue weighted by Gasteiger charge is 2.46. The summed E-state index contributed by atoms with van der Waals surface area (Å²) in [6.07, 6.45) is 2.34. The predicted octanol–water partition coefficient (Wildman–Crippen LogP) is 1.08. The Hall–Kier alpha value is -1.87. The predicted molar refractivity (Wildman–Crippen MR) is 107 cm³/mol. The van der Waals surface area contributed by atoms with Crippen LogP contribution in [-0.4, -0.2) is 67.5 Å². The highest BCUT2D eigenvalue weighted by atomic mass is 35.5. The third-order valence-electron chi connectivity index (χ3n) is 5.61. The lowest BCUT2D eigenvalue weighted by Crippen LogP contribution is -2.60. The van der Waals surface area contributed by atoms with Crippen LogP contribution >= 0.6 is 11.6 Å². The van der Waals surface area contributed by atoms with Gasteiger partial charge in [-0.1, -0.05) is 23.7 Å². The number of aliphatic hydroxyl groups excluding tert-OH is 4. The van der Waals surface area contributed by atoms with E-state index >= 15 is 0 Å². The van der Waals surface area contributed by atoms with Gasteiger partial charge in [0.1, 0.15) is 24.4 Å². The second-order valence-electron chi connectivity index (χ2n) is 7.53. The fraction of sp³-hybridized carbons (Fsp3) is 0.429. The standard InChI is InChI=1S/C21H23ClN2O5/c22-14-3-2-12(21-20(28)19(27)18(26)17(10-25)29-21)9-13(14)7-11-1-4-15-16(8-11)24-6-5-23-15/h1-6,8,12,17-21,25-28H,7,9-10H2. The zero-order valence-electron chi connectivity index (χ0n) is 15.6. The molecule has 1 fully saturated rings. The molecule has 1 aliphatic carbocycles. The van der Waals surface area contributed by atoms with Gasteiger partial charge in [-0.15, -0.1) is 0 Å². The van der Waals surface area contributed by atoms with Crippen molar-refractivity contribution in [2.24, 2.45) is 5.92 Å². The van der Waals surface area contributed by atoms with Crippen molar-refractivity contribution < 1.29 is 25.2 Å². The van der Waals surface area contributed by atoms with Crippen LogP contribution < -0.4 is 0 Å². The Bertz CT molecular complexity index is 948. The first-order valence-electron chi connectivity index (χ1n) is 9.54. The quantitative estimate of drug-likeness (QED) is 0.587. The number of ether oxygens (including phenoxy) is 1. The molecule has 2 aliphatic rings. The molecule has 0 spiro atoms. The highest BCUT2D eigenvalue weighted by molar-refractivity contribution is 6.31. The van der Waals surface area contributed by atoms with Crippen LogP contribution in [-0.2, 0) is 11.2 Å². The van der Waals surface area contributed by atoms with Gasteiger partial charge in [0.2, 0.25) is 0 Å². The molecule has 8 heteroatoms. The first-order valence-corrected chi connectivity index (χ1v) is 9.91. The molecule has 0 bridgehead atoms. The Morgan fingerprint density at radius 2 is 1.79 bits per heavy atom. The molecule has 154 valence electrons. The van der Waals surface area contributed by atoms with Crippen molar-refractivity contribution in [3.63, 3.8) is 0 Å². The van der Waals surface area contributed by atoms with E-state index in [1.165, 1.54) is 0 Å². The molecule has 0 radical (unpaired) electrons. The van der Waals surface area contributed by atoms with Gasteiger partial charge in [-0.3, -0.25) is 9.97 Å². The third kappa shape index (κ3) is 4.07. The summed E-state index contributed by atoms with van der Waals surface area (Å²) >= 11 is 6.43. The fourth-order valence-corrected chi connectivity index (χ4v) is 4.22. The van der Waals surface area contributed by atoms with Crippen molar-refractivity contribution in [1.82, 2.24) is 9.97 Å². The van der Waals surface area contributed by atoms with Crippen LogP contribution in [0, 0.1) is 5.92 Å². The van der Waals surface area contributed by atoms with Gasteiger partial charge in [0, 0.05) is 23.3 Å². The summed E-state index contributed by atoms with van der Waals surface area (Å²) in [7, 11) is 0. The minimum atomic E-state index is -1.39. The maximum Gasteiger partial charge on any atom is 0.111 e. The summed E-state index contributed by atoms with van der Waals surface area (Å²) in [5.74, 6) is -0.251. The number of hydrogen-bond donors (Lipinski definition) is 4. The molecule has 1 aromatic heterocycles. The van der Waals surface area contributed by atoms with Crippen LogP contribution in [0.15, 0.2) is 53.4 Å². The van der Waals surface area contributed by atoms with Crippen molar-refractivity contribution >= 4 is 22.6 Å². The fourth-order valence-electron chi connectivity index (χ4n) is 4.01. The Morgan fingerprint density at radius 1 is 1.03 bits per heavy atom. The van der Waals surface area contributed by atoms with E-state index in [9.17, 15) is 20.4 Å². The largest absolute Gasteiger partial charge is 0.394 e. The first-order chi connectivity index (χ1) is 14.0. The molecule has 0 saturated carbocycles. The molecule has 6 atom stereocenters. The van der Waals surface area contributed by atoms with Crippen LogP contribution in [0.2, 0.25) is 0 Å². The van der Waals surface area contributed by atoms with E-state index in [0.29, 0.717) is 17.9 Å². The van der Waals surface area contributed by atoms with Gasteiger partial charge in [0.25, 0.3) is 0 Å². The number of allylic oxidation sites excluding steroid dienone is 3. The van der Waals surface area contributed by atoms with Crippen LogP contribution in [0.25, 0.3) is 11.0 Å².